The fourth-order valence-corrected chi connectivity index (χ4v) is 2.70. The van der Waals surface area contributed by atoms with Crippen LogP contribution in [0.5, 0.6) is 0 Å². The first-order valence-electron chi connectivity index (χ1n) is 7.84. The van der Waals surface area contributed by atoms with Crippen molar-refractivity contribution in [3.05, 3.63) is 63.8 Å². The molecule has 0 aliphatic carbocycles. The standard InChI is InChI=1S/C18H20N4O3/c1-18(2,12-23)15(13-6-4-3-5-7-13)11-21-17-16(22(24)25)14(10-19)8-9-20-17/h3-9,15,23H,11-12H2,1-2H3,(H,20,21). The molecule has 0 spiro atoms. The SMILES string of the molecule is CC(C)(CO)C(CNc1nccc(C#N)c1[N+](=O)[O-])c1ccccc1. The zero-order valence-corrected chi connectivity index (χ0v) is 14.1. The summed E-state index contributed by atoms with van der Waals surface area (Å²) in [4.78, 5) is 14.7. The predicted octanol–water partition coefficient (Wildman–Crippen LogP) is 3.08. The van der Waals surface area contributed by atoms with Gasteiger partial charge in [-0.2, -0.15) is 5.26 Å². The van der Waals surface area contributed by atoms with Gasteiger partial charge in [0, 0.05) is 25.3 Å². The summed E-state index contributed by atoms with van der Waals surface area (Å²) in [6.45, 7) is 4.15. The van der Waals surface area contributed by atoms with Gasteiger partial charge in [0.1, 0.15) is 11.6 Å². The van der Waals surface area contributed by atoms with Crippen molar-refractivity contribution < 1.29 is 10.0 Å². The molecule has 2 N–H and O–H groups in total. The molecule has 0 aliphatic rings. The van der Waals surface area contributed by atoms with Crippen molar-refractivity contribution in [1.82, 2.24) is 4.98 Å². The van der Waals surface area contributed by atoms with Crippen molar-refractivity contribution in [1.29, 1.82) is 5.26 Å². The number of aromatic nitrogens is 1. The third-order valence-corrected chi connectivity index (χ3v) is 4.25. The molecule has 1 aromatic carbocycles. The molecule has 1 atom stereocenters. The number of rotatable bonds is 7. The number of benzene rings is 1. The number of hydrogen-bond acceptors (Lipinski definition) is 6. The average molecular weight is 340 g/mol. The van der Waals surface area contributed by atoms with Crippen LogP contribution in [0.1, 0.15) is 30.9 Å². The smallest absolute Gasteiger partial charge is 0.328 e. The van der Waals surface area contributed by atoms with E-state index in [9.17, 15) is 15.2 Å². The van der Waals surface area contributed by atoms with Crippen molar-refractivity contribution in [2.75, 3.05) is 18.5 Å². The molecule has 0 amide bonds. The lowest BCUT2D eigenvalue weighted by Gasteiger charge is -2.33. The minimum Gasteiger partial charge on any atom is -0.396 e. The van der Waals surface area contributed by atoms with Crippen molar-refractivity contribution in [3.8, 4) is 6.07 Å². The van der Waals surface area contributed by atoms with E-state index in [0.29, 0.717) is 6.54 Å². The van der Waals surface area contributed by atoms with Crippen LogP contribution in [0.4, 0.5) is 11.5 Å². The Morgan fingerprint density at radius 3 is 2.60 bits per heavy atom. The molecule has 2 rings (SSSR count). The van der Waals surface area contributed by atoms with Crippen LogP contribution in [0, 0.1) is 26.9 Å². The highest BCUT2D eigenvalue weighted by Gasteiger charge is 2.31. The van der Waals surface area contributed by atoms with E-state index in [1.54, 1.807) is 0 Å². The Hall–Kier alpha value is -2.98. The second-order valence-electron chi connectivity index (χ2n) is 6.42. The van der Waals surface area contributed by atoms with Gasteiger partial charge >= 0.3 is 5.69 Å². The quantitative estimate of drug-likeness (QED) is 0.592. The molecule has 7 nitrogen and oxygen atoms in total. The Balaban J connectivity index is 2.34. The van der Waals surface area contributed by atoms with Gasteiger partial charge in [0.2, 0.25) is 5.82 Å². The van der Waals surface area contributed by atoms with Gasteiger partial charge in [-0.05, 0) is 17.0 Å². The van der Waals surface area contributed by atoms with E-state index in [-0.39, 0.29) is 29.6 Å². The zero-order valence-electron chi connectivity index (χ0n) is 14.1. The molecule has 1 aromatic heterocycles. The lowest BCUT2D eigenvalue weighted by Crippen LogP contribution is -2.31. The van der Waals surface area contributed by atoms with Crippen LogP contribution in [0.3, 0.4) is 0 Å². The molecular formula is C18H20N4O3. The molecule has 0 saturated heterocycles. The van der Waals surface area contributed by atoms with Gasteiger partial charge in [0.25, 0.3) is 0 Å². The van der Waals surface area contributed by atoms with Crippen LogP contribution in [-0.4, -0.2) is 28.2 Å². The lowest BCUT2D eigenvalue weighted by molar-refractivity contribution is -0.384. The Labute approximate surface area is 146 Å². The molecule has 25 heavy (non-hydrogen) atoms. The normalized spacial score (nSPS) is 12.2. The summed E-state index contributed by atoms with van der Waals surface area (Å²) in [6.07, 6.45) is 1.36. The Morgan fingerprint density at radius 1 is 1.36 bits per heavy atom. The van der Waals surface area contributed by atoms with Crippen LogP contribution in [0.2, 0.25) is 0 Å². The second-order valence-corrected chi connectivity index (χ2v) is 6.42. The number of aliphatic hydroxyl groups excluding tert-OH is 1. The second kappa shape index (κ2) is 7.73. The van der Waals surface area contributed by atoms with Crippen molar-refractivity contribution in [2.45, 2.75) is 19.8 Å². The van der Waals surface area contributed by atoms with E-state index in [4.69, 9.17) is 5.26 Å². The first-order chi connectivity index (χ1) is 11.9. The number of nitriles is 1. The molecule has 7 heteroatoms. The topological polar surface area (TPSA) is 112 Å². The van der Waals surface area contributed by atoms with Gasteiger partial charge in [-0.25, -0.2) is 4.98 Å². The Morgan fingerprint density at radius 2 is 2.04 bits per heavy atom. The molecular weight excluding hydrogens is 320 g/mol. The highest BCUT2D eigenvalue weighted by Crippen LogP contribution is 2.36. The van der Waals surface area contributed by atoms with E-state index in [1.165, 1.54) is 12.3 Å². The Bertz CT molecular complexity index is 785. The molecule has 130 valence electrons. The highest BCUT2D eigenvalue weighted by atomic mass is 16.6. The predicted molar refractivity (Wildman–Crippen MR) is 94.1 cm³/mol. The number of nitrogens with zero attached hydrogens (tertiary/aromatic N) is 3. The molecule has 0 bridgehead atoms. The van der Waals surface area contributed by atoms with Gasteiger partial charge in [0.15, 0.2) is 0 Å². The van der Waals surface area contributed by atoms with E-state index in [0.717, 1.165) is 5.56 Å². The average Bonchev–Trinajstić information content (AvgIpc) is 2.62. The molecule has 0 aliphatic heterocycles. The Kier molecular flexibility index (Phi) is 5.67. The minimum absolute atomic E-state index is 0.0397. The van der Waals surface area contributed by atoms with Gasteiger partial charge in [0.05, 0.1) is 4.92 Å². The maximum absolute atomic E-state index is 11.3. The van der Waals surface area contributed by atoms with E-state index in [1.807, 2.05) is 50.2 Å². The molecule has 0 saturated carbocycles. The summed E-state index contributed by atoms with van der Waals surface area (Å²) in [6, 6.07) is 12.8. The number of nitrogens with one attached hydrogen (secondary N) is 1. The first-order valence-corrected chi connectivity index (χ1v) is 7.84. The zero-order chi connectivity index (χ0) is 18.4. The number of aliphatic hydroxyl groups is 1. The van der Waals surface area contributed by atoms with Crippen LogP contribution in [0.15, 0.2) is 42.6 Å². The van der Waals surface area contributed by atoms with Crippen LogP contribution in [0.25, 0.3) is 0 Å². The maximum Gasteiger partial charge on any atom is 0.328 e. The summed E-state index contributed by atoms with van der Waals surface area (Å²) in [5, 5.41) is 33.1. The fourth-order valence-electron chi connectivity index (χ4n) is 2.70. The third-order valence-electron chi connectivity index (χ3n) is 4.25. The van der Waals surface area contributed by atoms with Gasteiger partial charge < -0.3 is 10.4 Å². The molecule has 0 fully saturated rings. The summed E-state index contributed by atoms with van der Waals surface area (Å²) in [5.41, 5.74) is 0.183. The van der Waals surface area contributed by atoms with Gasteiger partial charge in [-0.3, -0.25) is 10.1 Å². The highest BCUT2D eigenvalue weighted by molar-refractivity contribution is 5.64. The number of anilines is 1. The van der Waals surface area contributed by atoms with Crippen molar-refractivity contribution in [3.63, 3.8) is 0 Å². The summed E-state index contributed by atoms with van der Waals surface area (Å²) >= 11 is 0. The van der Waals surface area contributed by atoms with Gasteiger partial charge in [-0.1, -0.05) is 44.2 Å². The number of pyridine rings is 1. The number of hydrogen-bond donors (Lipinski definition) is 2. The van der Waals surface area contributed by atoms with Crippen molar-refractivity contribution >= 4 is 11.5 Å². The summed E-state index contributed by atoms with van der Waals surface area (Å²) in [7, 11) is 0. The molecule has 0 radical (unpaired) electrons. The molecule has 1 heterocycles. The first kappa shape index (κ1) is 18.4. The fraction of sp³-hybridized carbons (Fsp3) is 0.333. The van der Waals surface area contributed by atoms with Crippen molar-refractivity contribution in [2.24, 2.45) is 5.41 Å². The number of nitro groups is 1. The van der Waals surface area contributed by atoms with Crippen LogP contribution >= 0.6 is 0 Å². The minimum atomic E-state index is -0.609. The van der Waals surface area contributed by atoms with Gasteiger partial charge in [-0.15, -0.1) is 0 Å². The van der Waals surface area contributed by atoms with Crippen LogP contribution < -0.4 is 5.32 Å². The van der Waals surface area contributed by atoms with E-state index < -0.39 is 10.3 Å². The van der Waals surface area contributed by atoms with E-state index >= 15 is 0 Å². The van der Waals surface area contributed by atoms with E-state index in [2.05, 4.69) is 10.3 Å². The summed E-state index contributed by atoms with van der Waals surface area (Å²) < 4.78 is 0. The molecule has 2 aromatic rings. The third kappa shape index (κ3) is 4.11. The maximum atomic E-state index is 11.3. The van der Waals surface area contributed by atoms with Crippen LogP contribution in [-0.2, 0) is 0 Å². The monoisotopic (exact) mass is 340 g/mol. The largest absolute Gasteiger partial charge is 0.396 e. The lowest BCUT2D eigenvalue weighted by atomic mass is 9.75. The molecule has 1 unspecified atom stereocenters. The summed E-state index contributed by atoms with van der Waals surface area (Å²) in [5.74, 6) is -0.0513.